The van der Waals surface area contributed by atoms with Gasteiger partial charge in [-0.2, -0.15) is 0 Å². The molecule has 1 N–H and O–H groups in total. The van der Waals surface area contributed by atoms with Crippen molar-refractivity contribution in [3.63, 3.8) is 0 Å². The Morgan fingerprint density at radius 1 is 1.44 bits per heavy atom. The van der Waals surface area contributed by atoms with Crippen LogP contribution in [-0.4, -0.2) is 10.1 Å². The molecule has 4 heteroatoms. The van der Waals surface area contributed by atoms with Crippen LogP contribution in [0.4, 0.5) is 0 Å². The van der Waals surface area contributed by atoms with Crippen LogP contribution in [0, 0.1) is 6.92 Å². The van der Waals surface area contributed by atoms with Gasteiger partial charge in [0.15, 0.2) is 0 Å². The zero-order valence-corrected chi connectivity index (χ0v) is 10.4. The van der Waals surface area contributed by atoms with Crippen LogP contribution in [0.15, 0.2) is 39.5 Å². The summed E-state index contributed by atoms with van der Waals surface area (Å²) in [7, 11) is 0. The van der Waals surface area contributed by atoms with Crippen LogP contribution in [-0.2, 0) is 6.42 Å². The minimum Gasteiger partial charge on any atom is -0.469 e. The summed E-state index contributed by atoms with van der Waals surface area (Å²) < 4.78 is 6.09. The highest BCUT2D eigenvalue weighted by Crippen LogP contribution is 2.22. The average molecular weight is 282 g/mol. The number of aromatic nitrogens is 1. The molecule has 2 rings (SSSR count). The number of aryl methyl sites for hydroxylation is 1. The van der Waals surface area contributed by atoms with E-state index in [1.807, 2.05) is 19.1 Å². The van der Waals surface area contributed by atoms with Crippen molar-refractivity contribution in [2.45, 2.75) is 19.4 Å². The van der Waals surface area contributed by atoms with Crippen LogP contribution < -0.4 is 0 Å². The Labute approximate surface area is 102 Å². The van der Waals surface area contributed by atoms with E-state index in [4.69, 9.17) is 4.42 Å². The van der Waals surface area contributed by atoms with E-state index >= 15 is 0 Å². The monoisotopic (exact) mass is 281 g/mol. The predicted octanol–water partition coefficient (Wildman–Crippen LogP) is 3.02. The van der Waals surface area contributed by atoms with Crippen molar-refractivity contribution >= 4 is 15.9 Å². The van der Waals surface area contributed by atoms with Crippen molar-refractivity contribution in [1.29, 1.82) is 0 Å². The molecule has 0 aromatic carbocycles. The van der Waals surface area contributed by atoms with Crippen LogP contribution in [0.2, 0.25) is 0 Å². The number of aliphatic hydroxyl groups is 1. The van der Waals surface area contributed by atoms with Gasteiger partial charge in [0.05, 0.1) is 12.4 Å². The molecule has 84 valence electrons. The van der Waals surface area contributed by atoms with E-state index in [1.165, 1.54) is 0 Å². The molecule has 0 bridgehead atoms. The number of hydrogen-bond acceptors (Lipinski definition) is 3. The van der Waals surface area contributed by atoms with E-state index in [2.05, 4.69) is 20.9 Å². The second-order valence-corrected chi connectivity index (χ2v) is 4.54. The first-order valence-corrected chi connectivity index (χ1v) is 5.78. The van der Waals surface area contributed by atoms with Gasteiger partial charge in [0, 0.05) is 28.3 Å². The van der Waals surface area contributed by atoms with Crippen molar-refractivity contribution in [2.24, 2.45) is 0 Å². The Morgan fingerprint density at radius 2 is 2.25 bits per heavy atom. The molecular formula is C12H12BrNO2. The van der Waals surface area contributed by atoms with E-state index in [0.717, 1.165) is 21.5 Å². The first kappa shape index (κ1) is 11.4. The summed E-state index contributed by atoms with van der Waals surface area (Å²) in [4.78, 5) is 4.22. The maximum Gasteiger partial charge on any atom is 0.106 e. The van der Waals surface area contributed by atoms with Crippen LogP contribution in [0.3, 0.4) is 0 Å². The number of pyridine rings is 1. The summed E-state index contributed by atoms with van der Waals surface area (Å²) in [6, 6.07) is 5.60. The van der Waals surface area contributed by atoms with E-state index in [-0.39, 0.29) is 0 Å². The molecule has 0 aliphatic carbocycles. The highest BCUT2D eigenvalue weighted by atomic mass is 79.9. The van der Waals surface area contributed by atoms with E-state index < -0.39 is 6.10 Å². The molecule has 3 nitrogen and oxygen atoms in total. The fourth-order valence-electron chi connectivity index (χ4n) is 1.58. The Kier molecular flexibility index (Phi) is 3.41. The van der Waals surface area contributed by atoms with Gasteiger partial charge in [-0.05, 0) is 41.1 Å². The maximum absolute atomic E-state index is 10.0. The van der Waals surface area contributed by atoms with Crippen molar-refractivity contribution in [3.05, 3.63) is 52.1 Å². The standard InChI is InChI=1S/C12H12BrNO2/c1-8-11(4-5-16-8)12(15)6-10-3-2-9(13)7-14-10/h2-5,7,12,15H,6H2,1H3. The number of halogens is 1. The summed E-state index contributed by atoms with van der Waals surface area (Å²) in [5, 5.41) is 10.0. The summed E-state index contributed by atoms with van der Waals surface area (Å²) in [6.07, 6.45) is 3.24. The first-order valence-electron chi connectivity index (χ1n) is 4.99. The van der Waals surface area contributed by atoms with Crippen molar-refractivity contribution in [2.75, 3.05) is 0 Å². The van der Waals surface area contributed by atoms with E-state index in [0.29, 0.717) is 6.42 Å². The molecule has 0 spiro atoms. The molecule has 0 aliphatic heterocycles. The van der Waals surface area contributed by atoms with Crippen molar-refractivity contribution < 1.29 is 9.52 Å². The molecule has 1 unspecified atom stereocenters. The number of hydrogen-bond donors (Lipinski definition) is 1. The Balaban J connectivity index is 2.10. The zero-order chi connectivity index (χ0) is 11.5. The molecule has 2 heterocycles. The third kappa shape index (κ3) is 2.51. The Bertz CT molecular complexity index is 464. The van der Waals surface area contributed by atoms with Crippen molar-refractivity contribution in [3.8, 4) is 0 Å². The summed E-state index contributed by atoms with van der Waals surface area (Å²) in [5.74, 6) is 0.754. The second-order valence-electron chi connectivity index (χ2n) is 3.62. The smallest absolute Gasteiger partial charge is 0.106 e. The van der Waals surface area contributed by atoms with Crippen molar-refractivity contribution in [1.82, 2.24) is 4.98 Å². The molecule has 0 amide bonds. The number of rotatable bonds is 3. The zero-order valence-electron chi connectivity index (χ0n) is 8.85. The lowest BCUT2D eigenvalue weighted by atomic mass is 10.1. The highest BCUT2D eigenvalue weighted by molar-refractivity contribution is 9.10. The van der Waals surface area contributed by atoms with Gasteiger partial charge in [0.2, 0.25) is 0 Å². The fourth-order valence-corrected chi connectivity index (χ4v) is 1.81. The summed E-state index contributed by atoms with van der Waals surface area (Å²) >= 11 is 3.32. The molecule has 0 aliphatic rings. The van der Waals surface area contributed by atoms with Gasteiger partial charge in [-0.3, -0.25) is 4.98 Å². The molecule has 0 fully saturated rings. The fraction of sp³-hybridized carbons (Fsp3) is 0.250. The van der Waals surface area contributed by atoms with Gasteiger partial charge in [0.25, 0.3) is 0 Å². The first-order chi connectivity index (χ1) is 7.66. The normalized spacial score (nSPS) is 12.7. The minimum atomic E-state index is -0.563. The van der Waals surface area contributed by atoms with Gasteiger partial charge in [-0.15, -0.1) is 0 Å². The molecule has 0 radical (unpaired) electrons. The largest absolute Gasteiger partial charge is 0.469 e. The van der Waals surface area contributed by atoms with Gasteiger partial charge in [-0.1, -0.05) is 0 Å². The Morgan fingerprint density at radius 3 is 2.81 bits per heavy atom. The lowest BCUT2D eigenvalue weighted by molar-refractivity contribution is 0.175. The molecule has 1 atom stereocenters. The molecule has 0 saturated carbocycles. The SMILES string of the molecule is Cc1occc1C(O)Cc1ccc(Br)cn1. The third-order valence-electron chi connectivity index (χ3n) is 2.45. The molecule has 0 saturated heterocycles. The number of aliphatic hydroxyl groups excluding tert-OH is 1. The maximum atomic E-state index is 10.0. The quantitative estimate of drug-likeness (QED) is 0.941. The van der Waals surface area contributed by atoms with Gasteiger partial charge in [0.1, 0.15) is 5.76 Å². The third-order valence-corrected chi connectivity index (χ3v) is 2.92. The minimum absolute atomic E-state index is 0.494. The number of nitrogens with zero attached hydrogens (tertiary/aromatic N) is 1. The lowest BCUT2D eigenvalue weighted by Gasteiger charge is -2.08. The molecular weight excluding hydrogens is 270 g/mol. The van der Waals surface area contributed by atoms with Gasteiger partial charge in [-0.25, -0.2) is 0 Å². The molecule has 16 heavy (non-hydrogen) atoms. The van der Waals surface area contributed by atoms with Crippen LogP contribution >= 0.6 is 15.9 Å². The average Bonchev–Trinajstić information content (AvgIpc) is 2.68. The van der Waals surface area contributed by atoms with Crippen LogP contribution in [0.25, 0.3) is 0 Å². The summed E-state index contributed by atoms with van der Waals surface area (Å²) in [5.41, 5.74) is 1.68. The number of furan rings is 1. The highest BCUT2D eigenvalue weighted by Gasteiger charge is 2.13. The second kappa shape index (κ2) is 4.80. The Hall–Kier alpha value is -1.13. The van der Waals surface area contributed by atoms with E-state index in [9.17, 15) is 5.11 Å². The topological polar surface area (TPSA) is 46.3 Å². The predicted molar refractivity (Wildman–Crippen MR) is 64.0 cm³/mol. The molecule has 2 aromatic rings. The van der Waals surface area contributed by atoms with E-state index in [1.54, 1.807) is 18.5 Å². The van der Waals surface area contributed by atoms with Crippen LogP contribution in [0.1, 0.15) is 23.1 Å². The van der Waals surface area contributed by atoms with Gasteiger partial charge >= 0.3 is 0 Å². The lowest BCUT2D eigenvalue weighted by Crippen LogP contribution is -2.03. The molecule has 2 aromatic heterocycles. The van der Waals surface area contributed by atoms with Gasteiger partial charge < -0.3 is 9.52 Å². The summed E-state index contributed by atoms with van der Waals surface area (Å²) in [6.45, 7) is 1.84. The van der Waals surface area contributed by atoms with Crippen LogP contribution in [0.5, 0.6) is 0 Å².